The molecule has 1 saturated carbocycles. The molecule has 0 atom stereocenters. The third-order valence-electron chi connectivity index (χ3n) is 5.99. The summed E-state index contributed by atoms with van der Waals surface area (Å²) in [5, 5.41) is 18.0. The van der Waals surface area contributed by atoms with E-state index in [4.69, 9.17) is 4.74 Å². The molecule has 0 aliphatic heterocycles. The van der Waals surface area contributed by atoms with Crippen molar-refractivity contribution in [1.82, 2.24) is 14.3 Å². The molecule has 33 heavy (non-hydrogen) atoms. The molecule has 1 N–H and O–H groups in total. The van der Waals surface area contributed by atoms with E-state index in [0.717, 1.165) is 46.4 Å². The van der Waals surface area contributed by atoms with Gasteiger partial charge in [-0.15, -0.1) is 0 Å². The van der Waals surface area contributed by atoms with E-state index in [-0.39, 0.29) is 11.8 Å². The van der Waals surface area contributed by atoms with Gasteiger partial charge in [-0.1, -0.05) is 12.1 Å². The first-order chi connectivity index (χ1) is 16.2. The smallest absolute Gasteiger partial charge is 0.227 e. The molecule has 1 fully saturated rings. The first kappa shape index (κ1) is 20.8. The van der Waals surface area contributed by atoms with Crippen molar-refractivity contribution in [1.29, 1.82) is 5.26 Å². The average molecular weight is 440 g/mol. The molecule has 1 amide bonds. The summed E-state index contributed by atoms with van der Waals surface area (Å²) < 4.78 is 9.93. The van der Waals surface area contributed by atoms with Crippen molar-refractivity contribution >= 4 is 22.5 Å². The molecule has 4 aromatic rings. The zero-order chi connectivity index (χ0) is 22.8. The number of anilines is 1. The lowest BCUT2D eigenvalue weighted by Crippen LogP contribution is -2.13. The van der Waals surface area contributed by atoms with E-state index >= 15 is 0 Å². The average Bonchev–Trinajstić information content (AvgIpc) is 3.47. The molecule has 0 unspecified atom stereocenters. The Hall–Kier alpha value is -4.05. The minimum Gasteiger partial charge on any atom is -0.492 e. The summed E-state index contributed by atoms with van der Waals surface area (Å²) in [6.07, 6.45) is 5.60. The molecule has 0 radical (unpaired) electrons. The number of fused-ring (bicyclic) bond motifs is 1. The van der Waals surface area contributed by atoms with Crippen LogP contribution in [0, 0.1) is 17.2 Å². The highest BCUT2D eigenvalue weighted by molar-refractivity contribution is 5.96. The second kappa shape index (κ2) is 8.83. The molecule has 2 aromatic carbocycles. The van der Waals surface area contributed by atoms with Gasteiger partial charge in [0, 0.05) is 42.0 Å². The van der Waals surface area contributed by atoms with Gasteiger partial charge in [0.15, 0.2) is 0 Å². The van der Waals surface area contributed by atoms with Crippen molar-refractivity contribution in [3.8, 4) is 23.1 Å². The molecule has 166 valence electrons. The van der Waals surface area contributed by atoms with Crippen LogP contribution in [-0.4, -0.2) is 26.9 Å². The molecule has 0 saturated heterocycles. The molecule has 1 aliphatic carbocycles. The van der Waals surface area contributed by atoms with E-state index in [2.05, 4.69) is 28.0 Å². The van der Waals surface area contributed by atoms with Crippen molar-refractivity contribution in [3.05, 3.63) is 66.5 Å². The third kappa shape index (κ3) is 4.20. The SMILES string of the molecule is CCn1c(-c2ccc(NC(=O)C3CC3)cc2)c(C#N)c2ccc(OCCn3cccn3)cc21. The van der Waals surface area contributed by atoms with E-state index in [1.165, 1.54) is 0 Å². The normalized spacial score (nSPS) is 13.1. The van der Waals surface area contributed by atoms with E-state index in [1.54, 1.807) is 6.20 Å². The lowest BCUT2D eigenvalue weighted by molar-refractivity contribution is -0.117. The number of ether oxygens (including phenoxy) is 1. The Morgan fingerprint density at radius 2 is 2.06 bits per heavy atom. The molecule has 7 nitrogen and oxygen atoms in total. The fourth-order valence-corrected chi connectivity index (χ4v) is 4.15. The number of hydrogen-bond donors (Lipinski definition) is 1. The number of carbonyl (C=O) groups excluding carboxylic acids is 1. The maximum atomic E-state index is 12.0. The second-order valence-electron chi connectivity index (χ2n) is 8.22. The highest BCUT2D eigenvalue weighted by atomic mass is 16.5. The zero-order valence-corrected chi connectivity index (χ0v) is 18.5. The van der Waals surface area contributed by atoms with Crippen LogP contribution in [0.1, 0.15) is 25.3 Å². The standard InChI is InChI=1S/C26H25N5O2/c1-2-31-24-16-21(33-15-14-30-13-3-12-28-30)10-11-22(24)23(17-27)25(31)18-6-8-20(9-7-18)29-26(32)19-4-5-19/h3,6-13,16,19H,2,4-5,14-15H2,1H3,(H,29,32). The van der Waals surface area contributed by atoms with Gasteiger partial charge < -0.3 is 14.6 Å². The molecule has 7 heteroatoms. The highest BCUT2D eigenvalue weighted by Crippen LogP contribution is 2.36. The molecule has 2 aromatic heterocycles. The zero-order valence-electron chi connectivity index (χ0n) is 18.5. The minimum absolute atomic E-state index is 0.0863. The largest absolute Gasteiger partial charge is 0.492 e. The van der Waals surface area contributed by atoms with E-state index in [1.807, 2.05) is 59.4 Å². The van der Waals surface area contributed by atoms with Crippen molar-refractivity contribution in [2.75, 3.05) is 11.9 Å². The van der Waals surface area contributed by atoms with Gasteiger partial charge in [-0.05, 0) is 55.7 Å². The summed E-state index contributed by atoms with van der Waals surface area (Å²) in [4.78, 5) is 12.0. The summed E-state index contributed by atoms with van der Waals surface area (Å²) in [5.41, 5.74) is 4.21. The first-order valence-corrected chi connectivity index (χ1v) is 11.3. The fraction of sp³-hybridized carbons (Fsp3) is 0.269. The third-order valence-corrected chi connectivity index (χ3v) is 5.99. The Bertz CT molecular complexity index is 1330. The van der Waals surface area contributed by atoms with Gasteiger partial charge in [0.25, 0.3) is 0 Å². The molecule has 5 rings (SSSR count). The van der Waals surface area contributed by atoms with E-state index in [9.17, 15) is 10.1 Å². The summed E-state index contributed by atoms with van der Waals surface area (Å²) in [6.45, 7) is 3.95. The summed E-state index contributed by atoms with van der Waals surface area (Å²) in [6, 6.07) is 17.9. The first-order valence-electron chi connectivity index (χ1n) is 11.3. The lowest BCUT2D eigenvalue weighted by atomic mass is 10.1. The number of benzene rings is 2. The topological polar surface area (TPSA) is 84.9 Å². The summed E-state index contributed by atoms with van der Waals surface area (Å²) >= 11 is 0. The van der Waals surface area contributed by atoms with Crippen molar-refractivity contribution in [2.24, 2.45) is 5.92 Å². The van der Waals surface area contributed by atoms with Crippen LogP contribution in [0.15, 0.2) is 60.9 Å². The number of nitrogens with zero attached hydrogens (tertiary/aromatic N) is 4. The van der Waals surface area contributed by atoms with Crippen LogP contribution >= 0.6 is 0 Å². The molecule has 2 heterocycles. The Balaban J connectivity index is 1.43. The number of nitrogens with one attached hydrogen (secondary N) is 1. The van der Waals surface area contributed by atoms with Gasteiger partial charge in [0.2, 0.25) is 5.91 Å². The van der Waals surface area contributed by atoms with Crippen LogP contribution in [0.2, 0.25) is 0 Å². The Kier molecular flexibility index (Phi) is 5.57. The Labute approximate surface area is 192 Å². The summed E-state index contributed by atoms with van der Waals surface area (Å²) in [7, 11) is 0. The van der Waals surface area contributed by atoms with Gasteiger partial charge in [0.1, 0.15) is 18.4 Å². The van der Waals surface area contributed by atoms with Crippen LogP contribution in [-0.2, 0) is 17.9 Å². The number of aromatic nitrogens is 3. The van der Waals surface area contributed by atoms with Crippen LogP contribution in [0.5, 0.6) is 5.75 Å². The van der Waals surface area contributed by atoms with E-state index in [0.29, 0.717) is 25.3 Å². The Morgan fingerprint density at radius 1 is 1.24 bits per heavy atom. The number of rotatable bonds is 8. The molecule has 0 spiro atoms. The summed E-state index contributed by atoms with van der Waals surface area (Å²) in [5.74, 6) is 1.01. The van der Waals surface area contributed by atoms with Gasteiger partial charge in [0.05, 0.1) is 23.3 Å². The monoisotopic (exact) mass is 439 g/mol. The van der Waals surface area contributed by atoms with E-state index < -0.39 is 0 Å². The predicted octanol–water partition coefficient (Wildman–Crippen LogP) is 4.82. The number of aryl methyl sites for hydroxylation is 1. The Morgan fingerprint density at radius 3 is 2.73 bits per heavy atom. The van der Waals surface area contributed by atoms with Gasteiger partial charge >= 0.3 is 0 Å². The lowest BCUT2D eigenvalue weighted by Gasteiger charge is -2.11. The van der Waals surface area contributed by atoms with Gasteiger partial charge in [-0.2, -0.15) is 10.4 Å². The number of amides is 1. The number of carbonyl (C=O) groups is 1. The molecule has 1 aliphatic rings. The molecular formula is C26H25N5O2. The van der Waals surface area contributed by atoms with Crippen LogP contribution in [0.3, 0.4) is 0 Å². The number of hydrogen-bond acceptors (Lipinski definition) is 4. The van der Waals surface area contributed by atoms with Gasteiger partial charge in [-0.3, -0.25) is 9.48 Å². The second-order valence-corrected chi connectivity index (χ2v) is 8.22. The number of nitriles is 1. The molecule has 0 bridgehead atoms. The van der Waals surface area contributed by atoms with Crippen molar-refractivity contribution < 1.29 is 9.53 Å². The van der Waals surface area contributed by atoms with Gasteiger partial charge in [-0.25, -0.2) is 0 Å². The maximum Gasteiger partial charge on any atom is 0.227 e. The fourth-order valence-electron chi connectivity index (χ4n) is 4.15. The molecular weight excluding hydrogens is 414 g/mol. The van der Waals surface area contributed by atoms with Crippen LogP contribution < -0.4 is 10.1 Å². The van der Waals surface area contributed by atoms with Crippen LogP contribution in [0.25, 0.3) is 22.2 Å². The quantitative estimate of drug-likeness (QED) is 0.426. The maximum absolute atomic E-state index is 12.0. The van der Waals surface area contributed by atoms with Crippen LogP contribution in [0.4, 0.5) is 5.69 Å². The van der Waals surface area contributed by atoms with Crippen molar-refractivity contribution in [3.63, 3.8) is 0 Å². The minimum atomic E-state index is 0.0863. The van der Waals surface area contributed by atoms with Crippen molar-refractivity contribution in [2.45, 2.75) is 32.9 Å². The predicted molar refractivity (Wildman–Crippen MR) is 127 cm³/mol. The highest BCUT2D eigenvalue weighted by Gasteiger charge is 2.29.